The van der Waals surface area contributed by atoms with E-state index in [0.29, 0.717) is 5.69 Å². The van der Waals surface area contributed by atoms with Crippen LogP contribution in [-0.4, -0.2) is 58.6 Å². The average molecular weight is 412 g/mol. The number of nitrogens with one attached hydrogen (secondary N) is 1. The predicted molar refractivity (Wildman–Crippen MR) is 98.5 cm³/mol. The van der Waals surface area contributed by atoms with E-state index in [0.717, 1.165) is 54.3 Å². The molecule has 1 aliphatic rings. The van der Waals surface area contributed by atoms with E-state index in [1.54, 1.807) is 0 Å². The first-order valence-corrected chi connectivity index (χ1v) is 9.19. The molecule has 1 aromatic heterocycles. The number of rotatable bonds is 4. The third kappa shape index (κ3) is 3.82. The van der Waals surface area contributed by atoms with Gasteiger partial charge >= 0.3 is 0 Å². The normalized spacial score (nSPS) is 15.7. The van der Waals surface area contributed by atoms with Crippen LogP contribution in [0.25, 0.3) is 0 Å². The molecule has 0 unspecified atom stereocenters. The molecule has 0 aliphatic carbocycles. The number of halogens is 2. The number of aromatic nitrogens is 2. The molecule has 3 rings (SSSR count). The monoisotopic (exact) mass is 410 g/mol. The zero-order valence-corrected chi connectivity index (χ0v) is 15.9. The predicted octanol–water partition coefficient (Wildman–Crippen LogP) is 3.13. The van der Waals surface area contributed by atoms with Crippen LogP contribution >= 0.6 is 27.5 Å². The minimum absolute atomic E-state index is 0.0167. The maximum Gasteiger partial charge on any atom is 0.275 e. The Hall–Kier alpha value is -1.37. The second-order valence-corrected chi connectivity index (χ2v) is 7.19. The summed E-state index contributed by atoms with van der Waals surface area (Å²) in [5, 5.41) is 7.77. The number of piperazine rings is 1. The van der Waals surface area contributed by atoms with Crippen molar-refractivity contribution in [2.75, 3.05) is 32.7 Å². The minimum atomic E-state index is -0.0167. The summed E-state index contributed by atoms with van der Waals surface area (Å²) < 4.78 is 0.758. The number of hydrogen-bond acceptors (Lipinski definition) is 3. The van der Waals surface area contributed by atoms with Crippen LogP contribution in [0.4, 0.5) is 0 Å². The molecular weight excluding hydrogens is 392 g/mol. The van der Waals surface area contributed by atoms with Crippen molar-refractivity contribution in [3.8, 4) is 0 Å². The Morgan fingerprint density at radius 2 is 2.00 bits per heavy atom. The van der Waals surface area contributed by atoms with Gasteiger partial charge in [-0.2, -0.15) is 5.10 Å². The molecule has 5 nitrogen and oxygen atoms in total. The molecule has 0 spiro atoms. The molecule has 1 fully saturated rings. The molecule has 24 heavy (non-hydrogen) atoms. The van der Waals surface area contributed by atoms with Crippen molar-refractivity contribution < 1.29 is 4.79 Å². The van der Waals surface area contributed by atoms with Gasteiger partial charge in [0.25, 0.3) is 5.91 Å². The number of nitrogens with zero attached hydrogens (tertiary/aromatic N) is 3. The molecule has 0 atom stereocenters. The van der Waals surface area contributed by atoms with Crippen molar-refractivity contribution in [3.63, 3.8) is 0 Å². The van der Waals surface area contributed by atoms with E-state index in [2.05, 4.69) is 37.1 Å². The summed E-state index contributed by atoms with van der Waals surface area (Å²) in [5.41, 5.74) is 2.52. The van der Waals surface area contributed by atoms with Gasteiger partial charge in [-0.1, -0.05) is 29.8 Å². The standard InChI is InChI=1S/C17H20BrClN4O/c1-12-15(18)16(21-20-12)17(24)23-10-8-22(9-11-23)7-6-13-4-2-3-5-14(13)19/h2-5H,6-11H2,1H3,(H,20,21). The van der Waals surface area contributed by atoms with E-state index in [4.69, 9.17) is 11.6 Å². The van der Waals surface area contributed by atoms with Gasteiger partial charge in [0.2, 0.25) is 0 Å². The lowest BCUT2D eigenvalue weighted by molar-refractivity contribution is 0.0632. The van der Waals surface area contributed by atoms with E-state index < -0.39 is 0 Å². The maximum absolute atomic E-state index is 12.5. The van der Waals surface area contributed by atoms with E-state index in [-0.39, 0.29) is 5.91 Å². The number of aromatic amines is 1. The molecule has 0 radical (unpaired) electrons. The Balaban J connectivity index is 1.51. The van der Waals surface area contributed by atoms with E-state index in [1.165, 1.54) is 5.56 Å². The summed E-state index contributed by atoms with van der Waals surface area (Å²) in [4.78, 5) is 16.8. The highest BCUT2D eigenvalue weighted by atomic mass is 79.9. The molecular formula is C17H20BrClN4O. The zero-order chi connectivity index (χ0) is 17.1. The number of carbonyl (C=O) groups excluding carboxylic acids is 1. The van der Waals surface area contributed by atoms with Crippen LogP contribution < -0.4 is 0 Å². The molecule has 0 bridgehead atoms. The maximum atomic E-state index is 12.5. The van der Waals surface area contributed by atoms with Crippen molar-refractivity contribution in [1.82, 2.24) is 20.0 Å². The topological polar surface area (TPSA) is 52.2 Å². The van der Waals surface area contributed by atoms with Gasteiger partial charge in [-0.3, -0.25) is 14.8 Å². The SMILES string of the molecule is Cc1[nH]nc(C(=O)N2CCN(CCc3ccccc3Cl)CC2)c1Br. The lowest BCUT2D eigenvalue weighted by Crippen LogP contribution is -2.49. The summed E-state index contributed by atoms with van der Waals surface area (Å²) in [6, 6.07) is 7.96. The Bertz CT molecular complexity index is 725. The van der Waals surface area contributed by atoms with Crippen molar-refractivity contribution in [3.05, 3.63) is 50.7 Å². The van der Waals surface area contributed by atoms with Crippen LogP contribution in [0.5, 0.6) is 0 Å². The van der Waals surface area contributed by atoms with Gasteiger partial charge in [0.15, 0.2) is 5.69 Å². The fourth-order valence-corrected chi connectivity index (χ4v) is 3.44. The highest BCUT2D eigenvalue weighted by Gasteiger charge is 2.25. The van der Waals surface area contributed by atoms with Crippen molar-refractivity contribution in [2.45, 2.75) is 13.3 Å². The fourth-order valence-electron chi connectivity index (χ4n) is 2.86. The van der Waals surface area contributed by atoms with E-state index in [9.17, 15) is 4.79 Å². The second-order valence-electron chi connectivity index (χ2n) is 5.99. The summed E-state index contributed by atoms with van der Waals surface area (Å²) in [7, 11) is 0. The molecule has 1 aromatic carbocycles. The third-order valence-electron chi connectivity index (χ3n) is 4.39. The van der Waals surface area contributed by atoms with Gasteiger partial charge < -0.3 is 4.90 Å². The highest BCUT2D eigenvalue weighted by Crippen LogP contribution is 2.20. The number of benzene rings is 1. The number of hydrogen-bond donors (Lipinski definition) is 1. The summed E-state index contributed by atoms with van der Waals surface area (Å²) >= 11 is 9.63. The van der Waals surface area contributed by atoms with Crippen LogP contribution in [0, 0.1) is 6.92 Å². The van der Waals surface area contributed by atoms with E-state index >= 15 is 0 Å². The van der Waals surface area contributed by atoms with Crippen molar-refractivity contribution in [2.24, 2.45) is 0 Å². The summed E-state index contributed by atoms with van der Waals surface area (Å²) in [6.07, 6.45) is 0.928. The molecule has 1 saturated heterocycles. The Morgan fingerprint density at radius 3 is 2.62 bits per heavy atom. The summed E-state index contributed by atoms with van der Waals surface area (Å²) in [5.74, 6) is -0.0167. The number of aryl methyl sites for hydroxylation is 1. The van der Waals surface area contributed by atoms with Gasteiger partial charge in [-0.05, 0) is 40.9 Å². The van der Waals surface area contributed by atoms with Gasteiger partial charge in [-0.15, -0.1) is 0 Å². The first-order valence-electron chi connectivity index (χ1n) is 8.01. The summed E-state index contributed by atoms with van der Waals surface area (Å²) in [6.45, 7) is 6.03. The van der Waals surface area contributed by atoms with Crippen LogP contribution in [0.2, 0.25) is 5.02 Å². The third-order valence-corrected chi connectivity index (χ3v) is 5.73. The lowest BCUT2D eigenvalue weighted by atomic mass is 10.1. The second kappa shape index (κ2) is 7.68. The van der Waals surface area contributed by atoms with Crippen molar-refractivity contribution in [1.29, 1.82) is 0 Å². The molecule has 2 aromatic rings. The molecule has 128 valence electrons. The molecule has 1 aliphatic heterocycles. The van der Waals surface area contributed by atoms with Crippen molar-refractivity contribution >= 4 is 33.4 Å². The fraction of sp³-hybridized carbons (Fsp3) is 0.412. The molecule has 2 heterocycles. The molecule has 0 saturated carbocycles. The van der Waals surface area contributed by atoms with Gasteiger partial charge in [-0.25, -0.2) is 0 Å². The molecule has 7 heteroatoms. The molecule has 1 amide bonds. The van der Waals surface area contributed by atoms with Gasteiger partial charge in [0, 0.05) is 43.4 Å². The van der Waals surface area contributed by atoms with Gasteiger partial charge in [0.05, 0.1) is 4.47 Å². The first-order chi connectivity index (χ1) is 11.6. The Labute approximate surface area is 155 Å². The quantitative estimate of drug-likeness (QED) is 0.841. The Kier molecular flexibility index (Phi) is 5.58. The highest BCUT2D eigenvalue weighted by molar-refractivity contribution is 9.10. The first kappa shape index (κ1) is 17.5. The van der Waals surface area contributed by atoms with E-state index in [1.807, 2.05) is 30.0 Å². The minimum Gasteiger partial charge on any atom is -0.335 e. The smallest absolute Gasteiger partial charge is 0.275 e. The number of carbonyl (C=O) groups is 1. The van der Waals surface area contributed by atoms with Crippen LogP contribution in [-0.2, 0) is 6.42 Å². The van der Waals surface area contributed by atoms with Crippen LogP contribution in [0.3, 0.4) is 0 Å². The van der Waals surface area contributed by atoms with Crippen LogP contribution in [0.15, 0.2) is 28.7 Å². The van der Waals surface area contributed by atoms with Gasteiger partial charge in [0.1, 0.15) is 0 Å². The molecule has 1 N–H and O–H groups in total. The Morgan fingerprint density at radius 1 is 1.29 bits per heavy atom. The average Bonchev–Trinajstić information content (AvgIpc) is 2.93. The zero-order valence-electron chi connectivity index (χ0n) is 13.6. The number of amides is 1. The largest absolute Gasteiger partial charge is 0.335 e. The number of H-pyrrole nitrogens is 1. The van der Waals surface area contributed by atoms with Crippen LogP contribution in [0.1, 0.15) is 21.7 Å². The lowest BCUT2D eigenvalue weighted by Gasteiger charge is -2.34.